The highest BCUT2D eigenvalue weighted by Crippen LogP contribution is 2.14. The molecular formula is C19H30N4. The molecular weight excluding hydrogens is 284 g/mol. The van der Waals surface area contributed by atoms with Crippen molar-refractivity contribution in [2.45, 2.75) is 39.9 Å². The fourth-order valence-corrected chi connectivity index (χ4v) is 2.58. The van der Waals surface area contributed by atoms with Crippen molar-refractivity contribution in [1.29, 1.82) is 0 Å². The average molecular weight is 314 g/mol. The summed E-state index contributed by atoms with van der Waals surface area (Å²) >= 11 is 0. The minimum Gasteiger partial charge on any atom is -0.308 e. The van der Waals surface area contributed by atoms with E-state index < -0.39 is 0 Å². The zero-order chi connectivity index (χ0) is 16.8. The van der Waals surface area contributed by atoms with Crippen LogP contribution in [0, 0.1) is 6.92 Å². The van der Waals surface area contributed by atoms with E-state index in [1.165, 1.54) is 16.7 Å². The summed E-state index contributed by atoms with van der Waals surface area (Å²) in [7, 11) is 4.26. The Balaban J connectivity index is 2.08. The molecule has 0 bridgehead atoms. The fourth-order valence-electron chi connectivity index (χ4n) is 2.58. The van der Waals surface area contributed by atoms with Crippen LogP contribution in [0.3, 0.4) is 0 Å². The van der Waals surface area contributed by atoms with Gasteiger partial charge in [-0.1, -0.05) is 24.3 Å². The Labute approximate surface area is 140 Å². The second kappa shape index (κ2) is 8.27. The van der Waals surface area contributed by atoms with E-state index in [-0.39, 0.29) is 0 Å². The fraction of sp³-hybridized carbons (Fsp3) is 0.526. The average Bonchev–Trinajstić information content (AvgIpc) is 2.96. The molecule has 0 N–H and O–H groups in total. The maximum Gasteiger partial charge on any atom is 0.0534 e. The Kier molecular flexibility index (Phi) is 6.37. The highest BCUT2D eigenvalue weighted by atomic mass is 15.3. The van der Waals surface area contributed by atoms with Crippen molar-refractivity contribution in [2.24, 2.45) is 0 Å². The van der Waals surface area contributed by atoms with Crippen LogP contribution in [0.5, 0.6) is 0 Å². The monoisotopic (exact) mass is 314 g/mol. The van der Waals surface area contributed by atoms with Gasteiger partial charge < -0.3 is 4.90 Å². The first kappa shape index (κ1) is 17.7. The van der Waals surface area contributed by atoms with Crippen molar-refractivity contribution < 1.29 is 0 Å². The van der Waals surface area contributed by atoms with Crippen LogP contribution in [0.1, 0.15) is 36.6 Å². The molecule has 0 unspecified atom stereocenters. The standard InChI is InChI=1S/C19H30N4/c1-16(2)23-14-18(12-20-23)13-22(11-10-21(4)5)15-19-9-7-6-8-17(19)3/h6-9,12,14,16H,10-11,13,15H2,1-5H3. The van der Waals surface area contributed by atoms with Gasteiger partial charge in [0.2, 0.25) is 0 Å². The van der Waals surface area contributed by atoms with E-state index in [1.54, 1.807) is 0 Å². The summed E-state index contributed by atoms with van der Waals surface area (Å²) in [6.07, 6.45) is 4.17. The Hall–Kier alpha value is -1.65. The molecule has 0 atom stereocenters. The van der Waals surface area contributed by atoms with Gasteiger partial charge in [-0.05, 0) is 46.0 Å². The van der Waals surface area contributed by atoms with Gasteiger partial charge in [0.05, 0.1) is 6.20 Å². The SMILES string of the molecule is Cc1ccccc1CN(CCN(C)C)Cc1cnn(C(C)C)c1. The summed E-state index contributed by atoms with van der Waals surface area (Å²) in [6, 6.07) is 9.07. The van der Waals surface area contributed by atoms with Crippen LogP contribution in [0.2, 0.25) is 0 Å². The lowest BCUT2D eigenvalue weighted by Crippen LogP contribution is -2.31. The Morgan fingerprint density at radius 3 is 2.43 bits per heavy atom. The molecule has 1 heterocycles. The molecule has 0 aliphatic rings. The first-order valence-electron chi connectivity index (χ1n) is 8.40. The van der Waals surface area contributed by atoms with Crippen molar-refractivity contribution in [3.8, 4) is 0 Å². The maximum absolute atomic E-state index is 4.47. The number of likely N-dealkylation sites (N-methyl/N-ethyl adjacent to an activating group) is 1. The largest absolute Gasteiger partial charge is 0.308 e. The molecule has 0 aliphatic heterocycles. The highest BCUT2D eigenvalue weighted by molar-refractivity contribution is 5.25. The van der Waals surface area contributed by atoms with Crippen LogP contribution in [0.15, 0.2) is 36.7 Å². The van der Waals surface area contributed by atoms with Crippen LogP contribution >= 0.6 is 0 Å². The molecule has 0 saturated carbocycles. The minimum atomic E-state index is 0.412. The van der Waals surface area contributed by atoms with E-state index in [9.17, 15) is 0 Å². The summed E-state index contributed by atoms with van der Waals surface area (Å²) in [5.74, 6) is 0. The topological polar surface area (TPSA) is 24.3 Å². The maximum atomic E-state index is 4.47. The third-order valence-electron chi connectivity index (χ3n) is 4.11. The van der Waals surface area contributed by atoms with Gasteiger partial charge in [0.25, 0.3) is 0 Å². The van der Waals surface area contributed by atoms with Gasteiger partial charge in [-0.15, -0.1) is 0 Å². The van der Waals surface area contributed by atoms with E-state index in [1.807, 2.05) is 10.9 Å². The zero-order valence-corrected chi connectivity index (χ0v) is 15.2. The van der Waals surface area contributed by atoms with Crippen molar-refractivity contribution in [3.63, 3.8) is 0 Å². The van der Waals surface area contributed by atoms with Crippen molar-refractivity contribution in [3.05, 3.63) is 53.3 Å². The molecule has 1 aromatic carbocycles. The van der Waals surface area contributed by atoms with E-state index >= 15 is 0 Å². The number of nitrogens with zero attached hydrogens (tertiary/aromatic N) is 4. The quantitative estimate of drug-likeness (QED) is 0.747. The molecule has 4 heteroatoms. The predicted octanol–water partition coefficient (Wildman–Crippen LogP) is 3.34. The summed E-state index contributed by atoms with van der Waals surface area (Å²) < 4.78 is 2.03. The molecule has 0 aliphatic carbocycles. The Morgan fingerprint density at radius 1 is 1.09 bits per heavy atom. The molecule has 0 spiro atoms. The molecule has 126 valence electrons. The highest BCUT2D eigenvalue weighted by Gasteiger charge is 2.11. The molecule has 23 heavy (non-hydrogen) atoms. The van der Waals surface area contributed by atoms with Crippen molar-refractivity contribution >= 4 is 0 Å². The van der Waals surface area contributed by atoms with Gasteiger partial charge in [-0.2, -0.15) is 5.10 Å². The van der Waals surface area contributed by atoms with Gasteiger partial charge in [0.15, 0.2) is 0 Å². The van der Waals surface area contributed by atoms with Crippen LogP contribution in [0.25, 0.3) is 0 Å². The lowest BCUT2D eigenvalue weighted by molar-refractivity contribution is 0.226. The van der Waals surface area contributed by atoms with Gasteiger partial charge in [-0.3, -0.25) is 9.58 Å². The van der Waals surface area contributed by atoms with E-state index in [0.29, 0.717) is 6.04 Å². The zero-order valence-electron chi connectivity index (χ0n) is 15.2. The van der Waals surface area contributed by atoms with Gasteiger partial charge in [0.1, 0.15) is 0 Å². The minimum absolute atomic E-state index is 0.412. The predicted molar refractivity (Wildman–Crippen MR) is 96.5 cm³/mol. The molecule has 0 radical (unpaired) electrons. The van der Waals surface area contributed by atoms with Crippen LogP contribution in [0.4, 0.5) is 0 Å². The van der Waals surface area contributed by atoms with Crippen LogP contribution in [-0.2, 0) is 13.1 Å². The number of benzene rings is 1. The molecule has 0 amide bonds. The number of rotatable bonds is 8. The molecule has 1 aromatic heterocycles. The van der Waals surface area contributed by atoms with Gasteiger partial charge in [0, 0.05) is 44.0 Å². The van der Waals surface area contributed by atoms with Gasteiger partial charge in [-0.25, -0.2) is 0 Å². The van der Waals surface area contributed by atoms with E-state index in [4.69, 9.17) is 0 Å². The second-order valence-electron chi connectivity index (χ2n) is 6.86. The normalized spacial score (nSPS) is 11.8. The summed E-state index contributed by atoms with van der Waals surface area (Å²) in [6.45, 7) is 10.5. The number of hydrogen-bond acceptors (Lipinski definition) is 3. The van der Waals surface area contributed by atoms with Crippen LogP contribution < -0.4 is 0 Å². The first-order chi connectivity index (χ1) is 11.0. The van der Waals surface area contributed by atoms with Crippen molar-refractivity contribution in [1.82, 2.24) is 19.6 Å². The molecule has 0 saturated heterocycles. The molecule has 4 nitrogen and oxygen atoms in total. The molecule has 0 fully saturated rings. The lowest BCUT2D eigenvalue weighted by Gasteiger charge is -2.24. The Morgan fingerprint density at radius 2 is 1.83 bits per heavy atom. The summed E-state index contributed by atoms with van der Waals surface area (Å²) in [4.78, 5) is 4.74. The van der Waals surface area contributed by atoms with Crippen molar-refractivity contribution in [2.75, 3.05) is 27.2 Å². The third-order valence-corrected chi connectivity index (χ3v) is 4.11. The number of aryl methyl sites for hydroxylation is 1. The molecule has 2 rings (SSSR count). The van der Waals surface area contributed by atoms with Gasteiger partial charge >= 0.3 is 0 Å². The Bertz CT molecular complexity index is 601. The smallest absolute Gasteiger partial charge is 0.0534 e. The third kappa shape index (κ3) is 5.48. The van der Waals surface area contributed by atoms with E-state index in [0.717, 1.165) is 26.2 Å². The summed E-state index contributed by atoms with van der Waals surface area (Å²) in [5.41, 5.74) is 4.05. The summed E-state index contributed by atoms with van der Waals surface area (Å²) in [5, 5.41) is 4.47. The number of aromatic nitrogens is 2. The van der Waals surface area contributed by atoms with E-state index in [2.05, 4.69) is 80.2 Å². The lowest BCUT2D eigenvalue weighted by atomic mass is 10.1. The first-order valence-corrected chi connectivity index (χ1v) is 8.40. The second-order valence-corrected chi connectivity index (χ2v) is 6.86. The van der Waals surface area contributed by atoms with Crippen LogP contribution in [-0.4, -0.2) is 46.8 Å². The number of hydrogen-bond donors (Lipinski definition) is 0. The molecule has 2 aromatic rings.